The van der Waals surface area contributed by atoms with E-state index in [-0.39, 0.29) is 7.11 Å². The highest BCUT2D eigenvalue weighted by molar-refractivity contribution is 5.96. The number of alkyl halides is 10. The van der Waals surface area contributed by atoms with Crippen molar-refractivity contribution < 1.29 is 58.2 Å². The molecule has 1 aromatic rings. The van der Waals surface area contributed by atoms with Crippen molar-refractivity contribution in [1.29, 1.82) is 0 Å². The molecule has 1 amide bonds. The lowest BCUT2D eigenvalue weighted by Crippen LogP contribution is -2.64. The number of ether oxygens (including phenoxy) is 2. The van der Waals surface area contributed by atoms with Crippen LogP contribution in [0.4, 0.5) is 49.6 Å². The SMILES string of the molecule is COC(F)(C(F)(F)F)C(F)(F)OC(F)(C(=O)Nc1ccccc1)C(F)(F)F. The summed E-state index contributed by atoms with van der Waals surface area (Å²) < 4.78 is 136. The van der Waals surface area contributed by atoms with Gasteiger partial charge < -0.3 is 10.1 Å². The van der Waals surface area contributed by atoms with Gasteiger partial charge in [0.25, 0.3) is 5.91 Å². The highest BCUT2D eigenvalue weighted by Gasteiger charge is 2.79. The Morgan fingerprint density at radius 3 is 1.70 bits per heavy atom. The van der Waals surface area contributed by atoms with Crippen LogP contribution in [0.2, 0.25) is 0 Å². The summed E-state index contributed by atoms with van der Waals surface area (Å²) in [7, 11) is -0.275. The molecule has 14 heteroatoms. The fraction of sp³-hybridized carbons (Fsp3) is 0.462. The Hall–Kier alpha value is -2.09. The summed E-state index contributed by atoms with van der Waals surface area (Å²) in [5, 5.41) is 1.18. The number of carbonyl (C=O) groups is 1. The molecule has 0 bridgehead atoms. The van der Waals surface area contributed by atoms with Crippen LogP contribution in [0.15, 0.2) is 30.3 Å². The van der Waals surface area contributed by atoms with Crippen molar-refractivity contribution in [3.05, 3.63) is 30.3 Å². The molecule has 0 aliphatic carbocycles. The molecule has 4 nitrogen and oxygen atoms in total. The molecular formula is C13H9F10NO3. The van der Waals surface area contributed by atoms with E-state index in [9.17, 15) is 48.7 Å². The quantitative estimate of drug-likeness (QED) is 0.701. The van der Waals surface area contributed by atoms with Gasteiger partial charge in [0, 0.05) is 12.8 Å². The summed E-state index contributed by atoms with van der Waals surface area (Å²) in [4.78, 5) is 11.5. The maximum atomic E-state index is 14.1. The van der Waals surface area contributed by atoms with Crippen LogP contribution in [0.1, 0.15) is 0 Å². The standard InChI is InChI=1S/C13H9F10NO3/c1-26-10(15,12(19,20)21)13(22,23)27-9(14,11(16,17)18)8(25)24-7-5-3-2-4-6-7/h2-6H,1H3,(H,24,25). The lowest BCUT2D eigenvalue weighted by atomic mass is 10.2. The number of benzene rings is 1. The molecule has 0 heterocycles. The van der Waals surface area contributed by atoms with Crippen LogP contribution in [0.25, 0.3) is 0 Å². The summed E-state index contributed by atoms with van der Waals surface area (Å²) in [5.74, 6) is -15.2. The molecule has 27 heavy (non-hydrogen) atoms. The number of carbonyl (C=O) groups excluding carboxylic acids is 1. The Morgan fingerprint density at radius 1 is 0.852 bits per heavy atom. The molecule has 0 spiro atoms. The number of hydrogen-bond donors (Lipinski definition) is 1. The summed E-state index contributed by atoms with van der Waals surface area (Å²) in [5.41, 5.74) is -0.547. The molecule has 0 saturated heterocycles. The van der Waals surface area contributed by atoms with Crippen LogP contribution in [0.3, 0.4) is 0 Å². The van der Waals surface area contributed by atoms with Gasteiger partial charge in [0.05, 0.1) is 0 Å². The molecule has 2 atom stereocenters. The van der Waals surface area contributed by atoms with Crippen LogP contribution >= 0.6 is 0 Å². The predicted octanol–water partition coefficient (Wildman–Crippen LogP) is 4.34. The van der Waals surface area contributed by atoms with Gasteiger partial charge in [-0.1, -0.05) is 18.2 Å². The van der Waals surface area contributed by atoms with Crippen molar-refractivity contribution in [1.82, 2.24) is 0 Å². The fourth-order valence-electron chi connectivity index (χ4n) is 1.61. The minimum atomic E-state index is -6.65. The molecule has 0 fully saturated rings. The largest absolute Gasteiger partial charge is 0.458 e. The van der Waals surface area contributed by atoms with Crippen molar-refractivity contribution in [2.75, 3.05) is 12.4 Å². The summed E-state index contributed by atoms with van der Waals surface area (Å²) >= 11 is 0. The highest BCUT2D eigenvalue weighted by atomic mass is 19.4. The second-order valence-electron chi connectivity index (χ2n) is 4.83. The van der Waals surface area contributed by atoms with Crippen molar-refractivity contribution >= 4 is 11.6 Å². The van der Waals surface area contributed by atoms with E-state index in [2.05, 4.69) is 9.47 Å². The van der Waals surface area contributed by atoms with Gasteiger partial charge in [-0.25, -0.2) is 0 Å². The maximum absolute atomic E-state index is 14.1. The Balaban J connectivity index is 3.33. The van der Waals surface area contributed by atoms with Crippen LogP contribution in [-0.2, 0) is 14.3 Å². The normalized spacial score (nSPS) is 17.7. The third kappa shape index (κ3) is 4.26. The number of nitrogens with one attached hydrogen (secondary N) is 1. The summed E-state index contributed by atoms with van der Waals surface area (Å²) in [6.45, 7) is 0. The molecular weight excluding hydrogens is 408 g/mol. The Morgan fingerprint density at radius 2 is 1.33 bits per heavy atom. The number of hydrogen-bond acceptors (Lipinski definition) is 3. The van der Waals surface area contributed by atoms with E-state index in [1.54, 1.807) is 0 Å². The molecule has 1 rings (SSSR count). The summed E-state index contributed by atoms with van der Waals surface area (Å²) in [6.07, 6.45) is -19.9. The van der Waals surface area contributed by atoms with Gasteiger partial charge >= 0.3 is 30.2 Å². The minimum absolute atomic E-state index is 0.275. The molecule has 154 valence electrons. The van der Waals surface area contributed by atoms with E-state index in [0.29, 0.717) is 0 Å². The van der Waals surface area contributed by atoms with Crippen molar-refractivity contribution in [3.8, 4) is 0 Å². The smallest absolute Gasteiger partial charge is 0.335 e. The molecule has 0 aliphatic rings. The van der Waals surface area contributed by atoms with E-state index >= 15 is 0 Å². The third-order valence-corrected chi connectivity index (χ3v) is 2.98. The molecule has 1 aromatic carbocycles. The molecule has 1 N–H and O–H groups in total. The number of halogens is 10. The first-order valence-electron chi connectivity index (χ1n) is 6.53. The molecule has 0 radical (unpaired) electrons. The highest BCUT2D eigenvalue weighted by Crippen LogP contribution is 2.50. The van der Waals surface area contributed by atoms with E-state index in [0.717, 1.165) is 24.3 Å². The topological polar surface area (TPSA) is 47.6 Å². The lowest BCUT2D eigenvalue weighted by molar-refractivity contribution is -0.492. The maximum Gasteiger partial charge on any atom is 0.458 e. The number of methoxy groups -OCH3 is 1. The zero-order valence-corrected chi connectivity index (χ0v) is 12.9. The second kappa shape index (κ2) is 7.14. The van der Waals surface area contributed by atoms with Gasteiger partial charge in [-0.3, -0.25) is 9.53 Å². The van der Waals surface area contributed by atoms with Gasteiger partial charge in [-0.05, 0) is 12.1 Å². The van der Waals surface area contributed by atoms with Gasteiger partial charge in [-0.15, -0.1) is 0 Å². The third-order valence-electron chi connectivity index (χ3n) is 2.98. The van der Waals surface area contributed by atoms with Gasteiger partial charge in [-0.2, -0.15) is 43.9 Å². The van der Waals surface area contributed by atoms with Crippen molar-refractivity contribution in [2.45, 2.75) is 30.2 Å². The van der Waals surface area contributed by atoms with Crippen LogP contribution in [0.5, 0.6) is 0 Å². The molecule has 0 saturated carbocycles. The zero-order valence-electron chi connectivity index (χ0n) is 12.9. The molecule has 2 unspecified atom stereocenters. The Kier molecular flexibility index (Phi) is 6.07. The Labute approximate surface area is 144 Å². The first-order valence-corrected chi connectivity index (χ1v) is 6.53. The van der Waals surface area contributed by atoms with E-state index < -0.39 is 41.8 Å². The summed E-state index contributed by atoms with van der Waals surface area (Å²) in [6, 6.07) is 5.39. The first-order chi connectivity index (χ1) is 12.0. The van der Waals surface area contributed by atoms with Crippen molar-refractivity contribution in [2.24, 2.45) is 0 Å². The average Bonchev–Trinajstić information content (AvgIpc) is 2.52. The van der Waals surface area contributed by atoms with Crippen LogP contribution < -0.4 is 5.32 Å². The number of anilines is 1. The lowest BCUT2D eigenvalue weighted by Gasteiger charge is -2.36. The van der Waals surface area contributed by atoms with E-state index in [1.807, 2.05) is 0 Å². The Bertz CT molecular complexity index is 663. The number of para-hydroxylation sites is 1. The second-order valence-corrected chi connectivity index (χ2v) is 4.83. The first kappa shape index (κ1) is 23.0. The predicted molar refractivity (Wildman–Crippen MR) is 67.9 cm³/mol. The van der Waals surface area contributed by atoms with E-state index in [4.69, 9.17) is 0 Å². The van der Waals surface area contributed by atoms with Crippen LogP contribution in [-0.4, -0.2) is 43.2 Å². The monoisotopic (exact) mass is 417 g/mol. The fourth-order valence-corrected chi connectivity index (χ4v) is 1.61. The van der Waals surface area contributed by atoms with Gasteiger partial charge in [0.15, 0.2) is 0 Å². The van der Waals surface area contributed by atoms with Crippen molar-refractivity contribution in [3.63, 3.8) is 0 Å². The number of amides is 1. The average molecular weight is 417 g/mol. The minimum Gasteiger partial charge on any atom is -0.335 e. The molecule has 0 aliphatic heterocycles. The van der Waals surface area contributed by atoms with Crippen LogP contribution in [0, 0.1) is 0 Å². The molecule has 0 aromatic heterocycles. The van der Waals surface area contributed by atoms with Gasteiger partial charge in [0.1, 0.15) is 0 Å². The van der Waals surface area contributed by atoms with Gasteiger partial charge in [0.2, 0.25) is 0 Å². The zero-order chi connectivity index (χ0) is 21.3. The van der Waals surface area contributed by atoms with E-state index in [1.165, 1.54) is 11.4 Å². The number of rotatable bonds is 6.